The SMILES string of the molecule is CCOc1ccc([C@@H]2C(C(=O)OC)=CN=c3s/c(=C\c4cc(Cl)c(OCc5ccc(I)cc5)c(Br)c4)c(=O)n32)cc1OCC. The molecule has 3 aromatic carbocycles. The van der Waals surface area contributed by atoms with Crippen LogP contribution in [0.15, 0.2) is 80.6 Å². The number of thiazole rings is 1. The van der Waals surface area contributed by atoms with E-state index in [1.165, 1.54) is 29.2 Å². The number of benzene rings is 3. The van der Waals surface area contributed by atoms with Crippen molar-refractivity contribution in [2.24, 2.45) is 4.99 Å². The van der Waals surface area contributed by atoms with E-state index in [1.807, 2.05) is 50.2 Å². The molecule has 0 N–H and O–H groups in total. The third-order valence-corrected chi connectivity index (χ3v) is 9.21. The molecule has 228 valence electrons. The second-order valence-electron chi connectivity index (χ2n) is 9.48. The van der Waals surface area contributed by atoms with Crippen LogP contribution in [0.4, 0.5) is 0 Å². The number of hydrogen-bond donors (Lipinski definition) is 0. The van der Waals surface area contributed by atoms with Gasteiger partial charge in [-0.15, -0.1) is 0 Å². The summed E-state index contributed by atoms with van der Waals surface area (Å²) in [6, 6.07) is 16.2. The maximum Gasteiger partial charge on any atom is 0.337 e. The minimum Gasteiger partial charge on any atom is -0.490 e. The molecule has 0 amide bonds. The molecule has 0 fully saturated rings. The van der Waals surface area contributed by atoms with Crippen LogP contribution in [0.3, 0.4) is 0 Å². The van der Waals surface area contributed by atoms with E-state index in [0.29, 0.717) is 67.0 Å². The van der Waals surface area contributed by atoms with Crippen LogP contribution < -0.4 is 29.1 Å². The molecule has 0 saturated carbocycles. The van der Waals surface area contributed by atoms with Gasteiger partial charge in [0.1, 0.15) is 6.61 Å². The average molecular weight is 810 g/mol. The van der Waals surface area contributed by atoms with Crippen LogP contribution in [0.5, 0.6) is 17.2 Å². The number of aromatic nitrogens is 1. The Hall–Kier alpha value is -3.13. The van der Waals surface area contributed by atoms with Crippen LogP contribution in [-0.4, -0.2) is 30.9 Å². The Labute approximate surface area is 284 Å². The number of carbonyl (C=O) groups is 1. The maximum atomic E-state index is 13.9. The summed E-state index contributed by atoms with van der Waals surface area (Å²) < 4.78 is 26.3. The first-order chi connectivity index (χ1) is 21.2. The van der Waals surface area contributed by atoms with Gasteiger partial charge >= 0.3 is 5.97 Å². The van der Waals surface area contributed by atoms with E-state index in [-0.39, 0.29) is 11.1 Å². The van der Waals surface area contributed by atoms with E-state index in [9.17, 15) is 9.59 Å². The van der Waals surface area contributed by atoms with E-state index in [2.05, 4.69) is 43.5 Å². The third-order valence-electron chi connectivity index (χ3n) is 6.62. The third kappa shape index (κ3) is 6.90. The number of fused-ring (bicyclic) bond motifs is 1. The van der Waals surface area contributed by atoms with Gasteiger partial charge in [-0.3, -0.25) is 9.36 Å². The number of ether oxygens (including phenoxy) is 4. The molecule has 0 spiro atoms. The molecule has 0 saturated heterocycles. The molecule has 44 heavy (non-hydrogen) atoms. The van der Waals surface area contributed by atoms with Crippen molar-refractivity contribution in [3.05, 3.63) is 116 Å². The lowest BCUT2D eigenvalue weighted by Crippen LogP contribution is -2.39. The fourth-order valence-electron chi connectivity index (χ4n) is 4.68. The van der Waals surface area contributed by atoms with Crippen LogP contribution in [0.25, 0.3) is 6.08 Å². The van der Waals surface area contributed by atoms with E-state index >= 15 is 0 Å². The van der Waals surface area contributed by atoms with Crippen LogP contribution >= 0.6 is 61.5 Å². The number of hydrogen-bond acceptors (Lipinski definition) is 8. The molecule has 0 radical (unpaired) electrons. The molecular formula is C32H27BrClIN2O6S. The van der Waals surface area contributed by atoms with Gasteiger partial charge in [0, 0.05) is 9.77 Å². The Bertz CT molecular complexity index is 1900. The van der Waals surface area contributed by atoms with Gasteiger partial charge < -0.3 is 18.9 Å². The molecule has 1 atom stereocenters. The molecule has 4 aromatic rings. The molecule has 1 aliphatic heterocycles. The van der Waals surface area contributed by atoms with Gasteiger partial charge in [0.25, 0.3) is 5.56 Å². The van der Waals surface area contributed by atoms with Gasteiger partial charge in [-0.25, -0.2) is 9.79 Å². The predicted molar refractivity (Wildman–Crippen MR) is 183 cm³/mol. The Morgan fingerprint density at radius 2 is 1.80 bits per heavy atom. The molecule has 8 nitrogen and oxygen atoms in total. The first-order valence-electron chi connectivity index (χ1n) is 13.6. The number of esters is 1. The Balaban J connectivity index is 1.54. The largest absolute Gasteiger partial charge is 0.490 e. The van der Waals surface area contributed by atoms with Gasteiger partial charge in [0.15, 0.2) is 22.0 Å². The highest BCUT2D eigenvalue weighted by Crippen LogP contribution is 2.36. The standard InChI is InChI=1S/C32H27BrClIN2O6S/c1-4-41-25-11-8-20(15-26(25)42-5-2)28-22(31(39)40-3)16-36-32-37(28)30(38)27(44-32)14-19-12-23(33)29(24(34)13-19)43-17-18-6-9-21(35)10-7-18/h6-16,28H,4-5,17H2,1-3H3/b27-14-/t28-/m1/s1. The number of carbonyl (C=O) groups excluding carboxylic acids is 1. The number of methoxy groups -OCH3 is 1. The van der Waals surface area contributed by atoms with Crippen molar-refractivity contribution in [3.63, 3.8) is 0 Å². The fraction of sp³-hybridized carbons (Fsp3) is 0.219. The lowest BCUT2D eigenvalue weighted by molar-refractivity contribution is -0.136. The summed E-state index contributed by atoms with van der Waals surface area (Å²) in [7, 11) is 1.30. The summed E-state index contributed by atoms with van der Waals surface area (Å²) in [5.74, 6) is 1.00. The fourth-order valence-corrected chi connectivity index (χ4v) is 6.99. The van der Waals surface area contributed by atoms with Crippen molar-refractivity contribution in [1.29, 1.82) is 0 Å². The van der Waals surface area contributed by atoms with Gasteiger partial charge in [-0.05, 0) is 112 Å². The Morgan fingerprint density at radius 1 is 1.07 bits per heavy atom. The second kappa shape index (κ2) is 14.3. The molecule has 0 bridgehead atoms. The summed E-state index contributed by atoms with van der Waals surface area (Å²) in [4.78, 5) is 31.7. The second-order valence-corrected chi connectivity index (χ2v) is 13.0. The minimum absolute atomic E-state index is 0.221. The first-order valence-corrected chi connectivity index (χ1v) is 16.7. The van der Waals surface area contributed by atoms with Crippen molar-refractivity contribution < 1.29 is 23.7 Å². The topological polar surface area (TPSA) is 88.4 Å². The monoisotopic (exact) mass is 808 g/mol. The van der Waals surface area contributed by atoms with E-state index in [4.69, 9.17) is 30.5 Å². The minimum atomic E-state index is -0.789. The first kappa shape index (κ1) is 32.3. The normalized spacial score (nSPS) is 14.4. The average Bonchev–Trinajstić information content (AvgIpc) is 3.32. The van der Waals surface area contributed by atoms with Crippen LogP contribution in [0.2, 0.25) is 5.02 Å². The van der Waals surface area contributed by atoms with Crippen molar-refractivity contribution in [1.82, 2.24) is 4.57 Å². The zero-order valence-electron chi connectivity index (χ0n) is 23.9. The van der Waals surface area contributed by atoms with Crippen molar-refractivity contribution >= 4 is 73.5 Å². The summed E-state index contributed by atoms with van der Waals surface area (Å²) in [5, 5.41) is 0.396. The van der Waals surface area contributed by atoms with E-state index in [1.54, 1.807) is 24.3 Å². The highest BCUT2D eigenvalue weighted by Gasteiger charge is 2.31. The number of rotatable bonds is 10. The van der Waals surface area contributed by atoms with Crippen LogP contribution in [0.1, 0.15) is 36.6 Å². The van der Waals surface area contributed by atoms with Gasteiger partial charge in [0.2, 0.25) is 0 Å². The quantitative estimate of drug-likeness (QED) is 0.136. The Kier molecular flexibility index (Phi) is 10.5. The lowest BCUT2D eigenvalue weighted by Gasteiger charge is -2.23. The van der Waals surface area contributed by atoms with Gasteiger partial charge in [-0.2, -0.15) is 0 Å². The highest BCUT2D eigenvalue weighted by molar-refractivity contribution is 14.1. The maximum absolute atomic E-state index is 13.9. The molecule has 2 heterocycles. The van der Waals surface area contributed by atoms with Crippen LogP contribution in [-0.2, 0) is 16.1 Å². The number of halogens is 3. The molecule has 0 unspecified atom stereocenters. The summed E-state index contributed by atoms with van der Waals surface area (Å²) in [5.41, 5.74) is 2.26. The zero-order chi connectivity index (χ0) is 31.4. The highest BCUT2D eigenvalue weighted by atomic mass is 127. The van der Waals surface area contributed by atoms with Gasteiger partial charge in [-0.1, -0.05) is 41.1 Å². The summed E-state index contributed by atoms with van der Waals surface area (Å²) >= 11 is 13.7. The lowest BCUT2D eigenvalue weighted by atomic mass is 9.97. The Morgan fingerprint density at radius 3 is 2.48 bits per heavy atom. The summed E-state index contributed by atoms with van der Waals surface area (Å²) in [6.07, 6.45) is 3.20. The molecule has 12 heteroatoms. The van der Waals surface area contributed by atoms with Crippen molar-refractivity contribution in [2.75, 3.05) is 20.3 Å². The molecule has 0 aliphatic carbocycles. The van der Waals surface area contributed by atoms with E-state index in [0.717, 1.165) is 9.13 Å². The molecule has 5 rings (SSSR count). The van der Waals surface area contributed by atoms with E-state index < -0.39 is 12.0 Å². The zero-order valence-corrected chi connectivity index (χ0v) is 29.3. The predicted octanol–water partition coefficient (Wildman–Crippen LogP) is 6.42. The smallest absolute Gasteiger partial charge is 0.337 e. The number of nitrogens with zero attached hydrogens (tertiary/aromatic N) is 2. The van der Waals surface area contributed by atoms with Crippen molar-refractivity contribution in [2.45, 2.75) is 26.5 Å². The summed E-state index contributed by atoms with van der Waals surface area (Å²) in [6.45, 7) is 4.99. The van der Waals surface area contributed by atoms with Crippen molar-refractivity contribution in [3.8, 4) is 17.2 Å². The van der Waals surface area contributed by atoms with Gasteiger partial charge in [0.05, 0.1) is 46.0 Å². The molecule has 1 aromatic heterocycles. The van der Waals surface area contributed by atoms with Crippen LogP contribution in [0, 0.1) is 3.57 Å². The molecule has 1 aliphatic rings. The molecular weight excluding hydrogens is 783 g/mol.